The molecule has 0 bridgehead atoms. The smallest absolute Gasteiger partial charge is 0.337 e. The molecule has 1 aromatic heterocycles. The number of ether oxygens (including phenoxy) is 1. The zero-order valence-electron chi connectivity index (χ0n) is 14.2. The zero-order valence-corrected chi connectivity index (χ0v) is 15.0. The second kappa shape index (κ2) is 7.73. The molecule has 2 rings (SSSR count). The molecule has 0 fully saturated rings. The normalized spacial score (nSPS) is 17.9. The van der Waals surface area contributed by atoms with E-state index in [4.69, 9.17) is 4.74 Å². The molecule has 2 heterocycles. The number of esters is 1. The summed E-state index contributed by atoms with van der Waals surface area (Å²) in [4.78, 5) is 30.3. The first-order valence-electron chi connectivity index (χ1n) is 8.23. The van der Waals surface area contributed by atoms with Gasteiger partial charge in [0.1, 0.15) is 0 Å². The number of rotatable bonds is 6. The van der Waals surface area contributed by atoms with Gasteiger partial charge >= 0.3 is 5.97 Å². The zero-order chi connectivity index (χ0) is 17.0. The number of allylic oxidation sites excluding steroid dienone is 1. The third kappa shape index (κ3) is 3.47. The average Bonchev–Trinajstić information content (AvgIpc) is 2.81. The minimum atomic E-state index is -0.366. The van der Waals surface area contributed by atoms with Crippen LogP contribution in [-0.2, 0) is 9.53 Å². The highest BCUT2D eigenvalue weighted by Crippen LogP contribution is 2.27. The van der Waals surface area contributed by atoms with Gasteiger partial charge in [0.05, 0.1) is 28.5 Å². The molecule has 0 saturated carbocycles. The van der Waals surface area contributed by atoms with E-state index in [2.05, 4.69) is 11.9 Å². The van der Waals surface area contributed by atoms with Crippen molar-refractivity contribution >= 4 is 23.4 Å². The molecule has 0 unspecified atom stereocenters. The summed E-state index contributed by atoms with van der Waals surface area (Å²) in [6, 6.07) is -0.279. The van der Waals surface area contributed by atoms with Gasteiger partial charge in [0, 0.05) is 0 Å². The van der Waals surface area contributed by atoms with Crippen molar-refractivity contribution in [1.82, 2.24) is 4.57 Å². The molecule has 1 atom stereocenters. The Morgan fingerprint density at radius 1 is 1.35 bits per heavy atom. The number of thiazole rings is 1. The summed E-state index contributed by atoms with van der Waals surface area (Å²) in [5, 5.41) is 0. The van der Waals surface area contributed by atoms with Crippen LogP contribution >= 0.6 is 11.3 Å². The van der Waals surface area contributed by atoms with Gasteiger partial charge in [0.2, 0.25) is 0 Å². The van der Waals surface area contributed by atoms with Crippen molar-refractivity contribution < 1.29 is 9.53 Å². The van der Waals surface area contributed by atoms with Crippen LogP contribution in [0, 0.1) is 0 Å². The minimum absolute atomic E-state index is 0.0463. The molecule has 1 aliphatic rings. The fourth-order valence-electron chi connectivity index (χ4n) is 2.77. The van der Waals surface area contributed by atoms with E-state index in [1.807, 2.05) is 19.9 Å². The van der Waals surface area contributed by atoms with E-state index in [1.54, 1.807) is 11.5 Å². The predicted molar refractivity (Wildman–Crippen MR) is 92.0 cm³/mol. The summed E-state index contributed by atoms with van der Waals surface area (Å²) in [5.74, 6) is -0.366. The standard InChI is InChI=1S/C17H24N2O3S/c1-5-8-10-13-15(20)19-12(9-6-2)14(16(21)22-7-3)11(4)18-17(19)23-13/h10,12H,5-9H2,1-4H3/b13-10-/t12-/m0/s1. The van der Waals surface area contributed by atoms with E-state index in [9.17, 15) is 9.59 Å². The van der Waals surface area contributed by atoms with Crippen molar-refractivity contribution in [2.45, 2.75) is 59.4 Å². The average molecular weight is 336 g/mol. The maximum atomic E-state index is 12.7. The lowest BCUT2D eigenvalue weighted by Gasteiger charge is -2.23. The quantitative estimate of drug-likeness (QED) is 0.749. The number of aromatic nitrogens is 1. The van der Waals surface area contributed by atoms with E-state index >= 15 is 0 Å². The van der Waals surface area contributed by atoms with Crippen LogP contribution in [0.5, 0.6) is 0 Å². The Morgan fingerprint density at radius 3 is 2.70 bits per heavy atom. The molecule has 0 saturated heterocycles. The van der Waals surface area contributed by atoms with Crippen LogP contribution in [0.25, 0.3) is 6.08 Å². The summed E-state index contributed by atoms with van der Waals surface area (Å²) < 4.78 is 7.57. The number of hydrogen-bond donors (Lipinski definition) is 0. The second-order valence-corrected chi connectivity index (χ2v) is 6.56. The van der Waals surface area contributed by atoms with E-state index in [1.165, 1.54) is 11.3 Å². The Hall–Kier alpha value is -1.69. The fraction of sp³-hybridized carbons (Fsp3) is 0.588. The molecule has 0 aliphatic carbocycles. The highest BCUT2D eigenvalue weighted by Gasteiger charge is 2.31. The van der Waals surface area contributed by atoms with Gasteiger partial charge in [-0.15, -0.1) is 0 Å². The first kappa shape index (κ1) is 17.7. The Balaban J connectivity index is 2.62. The number of hydrogen-bond acceptors (Lipinski definition) is 5. The van der Waals surface area contributed by atoms with Crippen LogP contribution in [0.4, 0.5) is 0 Å². The van der Waals surface area contributed by atoms with E-state index in [0.717, 1.165) is 25.7 Å². The fourth-order valence-corrected chi connectivity index (χ4v) is 3.84. The van der Waals surface area contributed by atoms with Crippen molar-refractivity contribution in [3.63, 3.8) is 0 Å². The third-order valence-corrected chi connectivity index (χ3v) is 4.84. The summed E-state index contributed by atoms with van der Waals surface area (Å²) >= 11 is 1.40. The van der Waals surface area contributed by atoms with Gasteiger partial charge in [-0.2, -0.15) is 0 Å². The van der Waals surface area contributed by atoms with Crippen molar-refractivity contribution in [2.75, 3.05) is 6.61 Å². The highest BCUT2D eigenvalue weighted by molar-refractivity contribution is 7.07. The van der Waals surface area contributed by atoms with Crippen LogP contribution in [0.2, 0.25) is 0 Å². The van der Waals surface area contributed by atoms with Gasteiger partial charge in [-0.05, 0) is 26.7 Å². The van der Waals surface area contributed by atoms with E-state index in [-0.39, 0.29) is 17.6 Å². The van der Waals surface area contributed by atoms with Gasteiger partial charge in [-0.3, -0.25) is 9.36 Å². The van der Waals surface area contributed by atoms with Crippen LogP contribution in [0.3, 0.4) is 0 Å². The third-order valence-electron chi connectivity index (χ3n) is 3.81. The molecule has 0 spiro atoms. The van der Waals surface area contributed by atoms with Crippen molar-refractivity contribution in [3.05, 3.63) is 31.0 Å². The number of nitrogens with zero attached hydrogens (tertiary/aromatic N) is 2. The largest absolute Gasteiger partial charge is 0.463 e. The highest BCUT2D eigenvalue weighted by atomic mass is 32.1. The van der Waals surface area contributed by atoms with Crippen molar-refractivity contribution in [2.24, 2.45) is 4.99 Å². The van der Waals surface area contributed by atoms with Gasteiger partial charge in [-0.25, -0.2) is 9.79 Å². The SMILES string of the molecule is CCC/C=c1\sc2n(c1=O)[C@@H](CCC)C(C(=O)OCC)=C(C)N=2. The lowest BCUT2D eigenvalue weighted by atomic mass is 9.99. The Kier molecular flexibility index (Phi) is 5.93. The van der Waals surface area contributed by atoms with Crippen LogP contribution in [-0.4, -0.2) is 17.1 Å². The summed E-state index contributed by atoms with van der Waals surface area (Å²) in [6.07, 6.45) is 5.42. The topological polar surface area (TPSA) is 60.7 Å². The lowest BCUT2D eigenvalue weighted by Crippen LogP contribution is -2.39. The molecule has 0 amide bonds. The molecule has 23 heavy (non-hydrogen) atoms. The predicted octanol–water partition coefficient (Wildman–Crippen LogP) is 2.30. The molecule has 0 N–H and O–H groups in total. The summed E-state index contributed by atoms with van der Waals surface area (Å²) in [5.41, 5.74) is 1.13. The molecule has 0 aromatic carbocycles. The van der Waals surface area contributed by atoms with Crippen LogP contribution < -0.4 is 14.9 Å². The second-order valence-electron chi connectivity index (χ2n) is 5.55. The van der Waals surface area contributed by atoms with E-state index < -0.39 is 0 Å². The Morgan fingerprint density at radius 2 is 2.09 bits per heavy atom. The molecular weight excluding hydrogens is 312 g/mol. The molecular formula is C17H24N2O3S. The van der Waals surface area contributed by atoms with Gasteiger partial charge in [-0.1, -0.05) is 44.1 Å². The van der Waals surface area contributed by atoms with Crippen LogP contribution in [0.15, 0.2) is 21.1 Å². The Labute approximate surface area is 140 Å². The molecule has 126 valence electrons. The molecule has 1 aromatic rings. The maximum Gasteiger partial charge on any atom is 0.337 e. The molecule has 6 heteroatoms. The number of carbonyl (C=O) groups is 1. The number of carbonyl (C=O) groups excluding carboxylic acids is 1. The monoisotopic (exact) mass is 336 g/mol. The van der Waals surface area contributed by atoms with E-state index in [0.29, 0.717) is 27.2 Å². The van der Waals surface area contributed by atoms with Crippen LogP contribution in [0.1, 0.15) is 59.4 Å². The molecule has 0 radical (unpaired) electrons. The van der Waals surface area contributed by atoms with Crippen molar-refractivity contribution in [1.29, 1.82) is 0 Å². The molecule has 1 aliphatic heterocycles. The minimum Gasteiger partial charge on any atom is -0.463 e. The van der Waals surface area contributed by atoms with Gasteiger partial charge in [0.15, 0.2) is 4.80 Å². The molecule has 5 nitrogen and oxygen atoms in total. The first-order valence-corrected chi connectivity index (χ1v) is 9.04. The van der Waals surface area contributed by atoms with Crippen molar-refractivity contribution in [3.8, 4) is 0 Å². The lowest BCUT2D eigenvalue weighted by molar-refractivity contribution is -0.139. The number of unbranched alkanes of at least 4 members (excludes halogenated alkanes) is 1. The summed E-state index contributed by atoms with van der Waals surface area (Å²) in [6.45, 7) is 8.04. The van der Waals surface area contributed by atoms with Gasteiger partial charge in [0.25, 0.3) is 5.56 Å². The number of fused-ring (bicyclic) bond motifs is 1. The first-order chi connectivity index (χ1) is 11.0. The Bertz CT molecular complexity index is 786. The summed E-state index contributed by atoms with van der Waals surface area (Å²) in [7, 11) is 0. The van der Waals surface area contributed by atoms with Gasteiger partial charge < -0.3 is 4.74 Å². The maximum absolute atomic E-state index is 12.7.